The standard InChI is InChI=1S/C23H30N2O5/c1-4-20(15-18-11-13-21(14-12-18)25(27)28)17(3)22(29-5-2)24-23(26)30-16-19-9-7-6-8-10-19/h6-14,17,20,22H,4-5,15-16H2,1-3H3,(H,24,26)/t17-,20+,22?/m1/s1. The molecule has 0 saturated carbocycles. The van der Waals surface area contributed by atoms with Gasteiger partial charge >= 0.3 is 6.09 Å². The average Bonchev–Trinajstić information content (AvgIpc) is 2.76. The first kappa shape index (κ1) is 23.3. The molecule has 0 aliphatic heterocycles. The van der Waals surface area contributed by atoms with Crippen LogP contribution >= 0.6 is 0 Å². The summed E-state index contributed by atoms with van der Waals surface area (Å²) in [5, 5.41) is 13.7. The summed E-state index contributed by atoms with van der Waals surface area (Å²) in [6.07, 6.45) is 0.609. The molecule has 0 aromatic heterocycles. The number of carbonyl (C=O) groups is 1. The molecule has 0 saturated heterocycles. The van der Waals surface area contributed by atoms with Gasteiger partial charge in [-0.05, 0) is 30.4 Å². The Labute approximate surface area is 177 Å². The van der Waals surface area contributed by atoms with Crippen LogP contribution in [0.2, 0.25) is 0 Å². The lowest BCUT2D eigenvalue weighted by Crippen LogP contribution is -2.44. The molecule has 1 unspecified atom stereocenters. The van der Waals surface area contributed by atoms with E-state index >= 15 is 0 Å². The zero-order chi connectivity index (χ0) is 21.9. The quantitative estimate of drug-likeness (QED) is 0.314. The maximum absolute atomic E-state index is 12.3. The molecule has 0 spiro atoms. The van der Waals surface area contributed by atoms with Gasteiger partial charge in [0.2, 0.25) is 0 Å². The van der Waals surface area contributed by atoms with Gasteiger partial charge in [-0.1, -0.05) is 62.7 Å². The largest absolute Gasteiger partial charge is 0.445 e. The SMILES string of the molecule is CCOC(NC(=O)OCc1ccccc1)[C@H](C)[C@@H](CC)Cc1ccc([N+](=O)[O-])cc1. The summed E-state index contributed by atoms with van der Waals surface area (Å²) in [6.45, 7) is 6.66. The summed E-state index contributed by atoms with van der Waals surface area (Å²) in [5.41, 5.74) is 2.01. The number of amides is 1. The minimum absolute atomic E-state index is 0.0226. The van der Waals surface area contributed by atoms with E-state index in [4.69, 9.17) is 9.47 Å². The molecule has 0 aliphatic carbocycles. The van der Waals surface area contributed by atoms with Gasteiger partial charge in [-0.25, -0.2) is 4.79 Å². The molecular weight excluding hydrogens is 384 g/mol. The molecule has 0 radical (unpaired) electrons. The minimum atomic E-state index is -0.519. The van der Waals surface area contributed by atoms with Crippen molar-refractivity contribution in [3.05, 3.63) is 75.8 Å². The molecule has 1 amide bonds. The fourth-order valence-electron chi connectivity index (χ4n) is 3.39. The van der Waals surface area contributed by atoms with Gasteiger partial charge in [-0.2, -0.15) is 0 Å². The third-order valence-corrected chi connectivity index (χ3v) is 5.21. The molecule has 2 rings (SSSR count). The second-order valence-electron chi connectivity index (χ2n) is 7.24. The normalized spacial score (nSPS) is 13.8. The van der Waals surface area contributed by atoms with Crippen molar-refractivity contribution in [2.75, 3.05) is 6.61 Å². The van der Waals surface area contributed by atoms with Crippen LogP contribution in [0.5, 0.6) is 0 Å². The Morgan fingerprint density at radius 3 is 2.30 bits per heavy atom. The zero-order valence-corrected chi connectivity index (χ0v) is 17.7. The van der Waals surface area contributed by atoms with Crippen molar-refractivity contribution in [2.24, 2.45) is 11.8 Å². The van der Waals surface area contributed by atoms with E-state index in [2.05, 4.69) is 12.2 Å². The number of hydrogen-bond donors (Lipinski definition) is 1. The van der Waals surface area contributed by atoms with Crippen LogP contribution in [0.15, 0.2) is 54.6 Å². The number of carbonyl (C=O) groups excluding carboxylic acids is 1. The summed E-state index contributed by atoms with van der Waals surface area (Å²) in [5.74, 6) is 0.242. The molecule has 7 nitrogen and oxygen atoms in total. The van der Waals surface area contributed by atoms with Gasteiger partial charge in [0.15, 0.2) is 0 Å². The number of benzene rings is 2. The highest BCUT2D eigenvalue weighted by Crippen LogP contribution is 2.25. The van der Waals surface area contributed by atoms with Crippen molar-refractivity contribution in [2.45, 2.75) is 46.4 Å². The topological polar surface area (TPSA) is 90.7 Å². The number of nitrogens with one attached hydrogen (secondary N) is 1. The molecule has 0 aliphatic rings. The molecular formula is C23H30N2O5. The predicted molar refractivity (Wildman–Crippen MR) is 115 cm³/mol. The van der Waals surface area contributed by atoms with Gasteiger partial charge in [0.1, 0.15) is 12.8 Å². The van der Waals surface area contributed by atoms with Crippen molar-refractivity contribution in [1.82, 2.24) is 5.32 Å². The lowest BCUT2D eigenvalue weighted by Gasteiger charge is -2.30. The van der Waals surface area contributed by atoms with Crippen LogP contribution in [0, 0.1) is 22.0 Å². The maximum Gasteiger partial charge on any atom is 0.409 e. The highest BCUT2D eigenvalue weighted by molar-refractivity contribution is 5.67. The Morgan fingerprint density at radius 2 is 1.73 bits per heavy atom. The van der Waals surface area contributed by atoms with Gasteiger partial charge in [0.05, 0.1) is 4.92 Å². The van der Waals surface area contributed by atoms with Crippen molar-refractivity contribution in [3.63, 3.8) is 0 Å². The van der Waals surface area contributed by atoms with Crippen LogP contribution in [-0.2, 0) is 22.5 Å². The number of hydrogen-bond acceptors (Lipinski definition) is 5. The molecule has 2 aromatic rings. The molecule has 0 bridgehead atoms. The van der Waals surface area contributed by atoms with Crippen LogP contribution in [0.3, 0.4) is 0 Å². The summed E-state index contributed by atoms with van der Waals surface area (Å²) < 4.78 is 11.1. The number of alkyl carbamates (subject to hydrolysis) is 1. The van der Waals surface area contributed by atoms with Gasteiger partial charge < -0.3 is 9.47 Å². The summed E-state index contributed by atoms with van der Waals surface area (Å²) in [6, 6.07) is 16.1. The molecule has 162 valence electrons. The van der Waals surface area contributed by atoms with Crippen LogP contribution in [0.25, 0.3) is 0 Å². The summed E-state index contributed by atoms with van der Waals surface area (Å²) >= 11 is 0. The summed E-state index contributed by atoms with van der Waals surface area (Å²) in [7, 11) is 0. The van der Waals surface area contributed by atoms with E-state index in [1.165, 1.54) is 12.1 Å². The van der Waals surface area contributed by atoms with E-state index in [1.54, 1.807) is 12.1 Å². The Balaban J connectivity index is 1.97. The fourth-order valence-corrected chi connectivity index (χ4v) is 3.39. The first-order chi connectivity index (χ1) is 14.4. The summed E-state index contributed by atoms with van der Waals surface area (Å²) in [4.78, 5) is 22.7. The second kappa shape index (κ2) is 11.9. The molecule has 30 heavy (non-hydrogen) atoms. The Morgan fingerprint density at radius 1 is 1.07 bits per heavy atom. The molecule has 3 atom stereocenters. The first-order valence-electron chi connectivity index (χ1n) is 10.3. The highest BCUT2D eigenvalue weighted by atomic mass is 16.6. The molecule has 1 N–H and O–H groups in total. The first-order valence-corrected chi connectivity index (χ1v) is 10.3. The van der Waals surface area contributed by atoms with Crippen LogP contribution in [0.4, 0.5) is 10.5 Å². The zero-order valence-electron chi connectivity index (χ0n) is 17.7. The third-order valence-electron chi connectivity index (χ3n) is 5.21. The fraction of sp³-hybridized carbons (Fsp3) is 0.435. The number of nitrogens with zero attached hydrogens (tertiary/aromatic N) is 1. The minimum Gasteiger partial charge on any atom is -0.445 e. The molecule has 0 fully saturated rings. The highest BCUT2D eigenvalue weighted by Gasteiger charge is 2.27. The Kier molecular flexibility index (Phi) is 9.28. The molecule has 2 aromatic carbocycles. The Hall–Kier alpha value is -2.93. The van der Waals surface area contributed by atoms with E-state index in [1.807, 2.05) is 44.2 Å². The van der Waals surface area contributed by atoms with Crippen molar-refractivity contribution in [1.29, 1.82) is 0 Å². The number of nitro groups is 1. The van der Waals surface area contributed by atoms with Gasteiger partial charge in [0.25, 0.3) is 5.69 Å². The monoisotopic (exact) mass is 414 g/mol. The van der Waals surface area contributed by atoms with Gasteiger partial charge in [-0.3, -0.25) is 15.4 Å². The van der Waals surface area contributed by atoms with Gasteiger partial charge in [0, 0.05) is 24.7 Å². The lowest BCUT2D eigenvalue weighted by molar-refractivity contribution is -0.384. The Bertz CT molecular complexity index is 795. The van der Waals surface area contributed by atoms with E-state index in [9.17, 15) is 14.9 Å². The molecule has 0 heterocycles. The van der Waals surface area contributed by atoms with Crippen molar-refractivity contribution >= 4 is 11.8 Å². The van der Waals surface area contributed by atoms with E-state index in [0.717, 1.165) is 24.0 Å². The molecule has 7 heteroatoms. The third kappa shape index (κ3) is 7.15. The van der Waals surface area contributed by atoms with Crippen molar-refractivity contribution in [3.8, 4) is 0 Å². The average molecular weight is 415 g/mol. The van der Waals surface area contributed by atoms with Crippen LogP contribution < -0.4 is 5.32 Å². The predicted octanol–water partition coefficient (Wildman–Crippen LogP) is 5.09. The van der Waals surface area contributed by atoms with E-state index < -0.39 is 17.2 Å². The van der Waals surface area contributed by atoms with E-state index in [0.29, 0.717) is 6.61 Å². The van der Waals surface area contributed by atoms with Crippen LogP contribution in [-0.4, -0.2) is 23.9 Å². The number of ether oxygens (including phenoxy) is 2. The number of nitro benzene ring substituents is 1. The maximum atomic E-state index is 12.3. The second-order valence-corrected chi connectivity index (χ2v) is 7.24. The van der Waals surface area contributed by atoms with Gasteiger partial charge in [-0.15, -0.1) is 0 Å². The van der Waals surface area contributed by atoms with E-state index in [-0.39, 0.29) is 24.1 Å². The number of non-ortho nitro benzene ring substituents is 1. The number of rotatable bonds is 11. The smallest absolute Gasteiger partial charge is 0.409 e. The lowest BCUT2D eigenvalue weighted by atomic mass is 9.84. The van der Waals surface area contributed by atoms with Crippen LogP contribution in [0.1, 0.15) is 38.3 Å². The van der Waals surface area contributed by atoms with Crippen molar-refractivity contribution < 1.29 is 19.2 Å².